The van der Waals surface area contributed by atoms with Crippen molar-refractivity contribution in [3.63, 3.8) is 0 Å². The first-order valence-electron chi connectivity index (χ1n) is 6.98. The van der Waals surface area contributed by atoms with Crippen LogP contribution >= 0.6 is 11.6 Å². The van der Waals surface area contributed by atoms with Crippen molar-refractivity contribution in [2.24, 2.45) is 0 Å². The lowest BCUT2D eigenvalue weighted by Crippen LogP contribution is -2.34. The van der Waals surface area contributed by atoms with Gasteiger partial charge in [-0.15, -0.1) is 0 Å². The zero-order valence-electron chi connectivity index (χ0n) is 12.3. The van der Waals surface area contributed by atoms with Crippen molar-refractivity contribution in [1.82, 2.24) is 10.1 Å². The van der Waals surface area contributed by atoms with E-state index in [9.17, 15) is 4.79 Å². The van der Waals surface area contributed by atoms with Crippen molar-refractivity contribution in [3.8, 4) is 0 Å². The monoisotopic (exact) mass is 314 g/mol. The second kappa shape index (κ2) is 5.54. The molecule has 0 saturated heterocycles. The molecule has 4 nitrogen and oxygen atoms in total. The van der Waals surface area contributed by atoms with Crippen LogP contribution in [-0.4, -0.2) is 15.4 Å². The Kier molecular flexibility index (Phi) is 3.71. The Morgan fingerprint density at radius 3 is 2.55 bits per heavy atom. The second-order valence-corrected chi connectivity index (χ2v) is 5.80. The van der Waals surface area contributed by atoms with Crippen LogP contribution in [0.4, 0.5) is 0 Å². The molecule has 0 amide bonds. The molecule has 3 rings (SSSR count). The highest BCUT2D eigenvalue weighted by atomic mass is 35.5. The standard InChI is InChI=1S/C17H15ClN2O2/c1-11-10-17(15(18)21,16-19-12(2)22-20-16)9-8-14(11)13-6-4-3-5-7-13/h3-9H,10H2,1-2H3. The van der Waals surface area contributed by atoms with Gasteiger partial charge in [-0.1, -0.05) is 53.2 Å². The first-order valence-corrected chi connectivity index (χ1v) is 7.36. The Balaban J connectivity index is 2.04. The Labute approximate surface area is 133 Å². The second-order valence-electron chi connectivity index (χ2n) is 5.45. The molecule has 1 aromatic carbocycles. The predicted molar refractivity (Wildman–Crippen MR) is 84.4 cm³/mol. The predicted octanol–water partition coefficient (Wildman–Crippen LogP) is 3.81. The summed E-state index contributed by atoms with van der Waals surface area (Å²) >= 11 is 5.88. The van der Waals surface area contributed by atoms with Gasteiger partial charge in [-0.2, -0.15) is 4.98 Å². The maximum absolute atomic E-state index is 12.1. The molecule has 2 aromatic rings. The molecular weight excluding hydrogens is 300 g/mol. The van der Waals surface area contributed by atoms with Crippen LogP contribution < -0.4 is 0 Å². The summed E-state index contributed by atoms with van der Waals surface area (Å²) in [5.41, 5.74) is 2.21. The number of benzene rings is 1. The van der Waals surface area contributed by atoms with Crippen LogP contribution in [-0.2, 0) is 10.2 Å². The summed E-state index contributed by atoms with van der Waals surface area (Å²) in [6, 6.07) is 10.0. The Bertz CT molecular complexity index is 777. The van der Waals surface area contributed by atoms with Crippen molar-refractivity contribution >= 4 is 22.4 Å². The van der Waals surface area contributed by atoms with Crippen molar-refractivity contribution in [2.45, 2.75) is 25.7 Å². The lowest BCUT2D eigenvalue weighted by molar-refractivity contribution is -0.115. The Morgan fingerprint density at radius 2 is 2.00 bits per heavy atom. The van der Waals surface area contributed by atoms with Crippen molar-refractivity contribution < 1.29 is 9.32 Å². The normalized spacial score (nSPS) is 21.2. The first kappa shape index (κ1) is 14.7. The lowest BCUT2D eigenvalue weighted by Gasteiger charge is -2.28. The minimum absolute atomic E-state index is 0.313. The average molecular weight is 315 g/mol. The van der Waals surface area contributed by atoms with Gasteiger partial charge < -0.3 is 4.52 Å². The molecule has 0 saturated carbocycles. The van der Waals surface area contributed by atoms with Gasteiger partial charge in [-0.05, 0) is 36.1 Å². The zero-order chi connectivity index (χ0) is 15.7. The fraction of sp³-hybridized carbons (Fsp3) is 0.235. The van der Waals surface area contributed by atoms with E-state index in [2.05, 4.69) is 10.1 Å². The molecule has 5 heteroatoms. The molecule has 0 fully saturated rings. The van der Waals surface area contributed by atoms with Crippen molar-refractivity contribution in [3.05, 3.63) is 65.3 Å². The maximum atomic E-state index is 12.1. The average Bonchev–Trinajstić information content (AvgIpc) is 2.94. The summed E-state index contributed by atoms with van der Waals surface area (Å²) in [5.74, 6) is 0.726. The van der Waals surface area contributed by atoms with E-state index in [-0.39, 0.29) is 0 Å². The van der Waals surface area contributed by atoms with Crippen LogP contribution in [0.2, 0.25) is 0 Å². The van der Waals surface area contributed by atoms with E-state index in [4.69, 9.17) is 16.1 Å². The number of aromatic nitrogens is 2. The van der Waals surface area contributed by atoms with Crippen molar-refractivity contribution in [1.29, 1.82) is 0 Å². The molecule has 0 N–H and O–H groups in total. The van der Waals surface area contributed by atoms with E-state index < -0.39 is 10.7 Å². The molecule has 112 valence electrons. The number of aryl methyl sites for hydroxylation is 1. The minimum Gasteiger partial charge on any atom is -0.340 e. The van der Waals surface area contributed by atoms with E-state index in [1.54, 1.807) is 13.0 Å². The van der Waals surface area contributed by atoms with Gasteiger partial charge in [0.05, 0.1) is 0 Å². The zero-order valence-corrected chi connectivity index (χ0v) is 13.1. The summed E-state index contributed by atoms with van der Waals surface area (Å²) in [6.45, 7) is 3.68. The molecule has 1 aromatic heterocycles. The van der Waals surface area contributed by atoms with Crippen LogP contribution in [0.5, 0.6) is 0 Å². The third-order valence-electron chi connectivity index (χ3n) is 3.90. The third kappa shape index (κ3) is 2.40. The van der Waals surface area contributed by atoms with Gasteiger partial charge in [0.2, 0.25) is 11.1 Å². The fourth-order valence-corrected chi connectivity index (χ4v) is 2.97. The van der Waals surface area contributed by atoms with Crippen LogP contribution in [0.15, 0.2) is 52.6 Å². The summed E-state index contributed by atoms with van der Waals surface area (Å²) in [5, 5.41) is 3.40. The van der Waals surface area contributed by atoms with Gasteiger partial charge in [-0.25, -0.2) is 0 Å². The van der Waals surface area contributed by atoms with Gasteiger partial charge >= 0.3 is 0 Å². The number of carbonyl (C=O) groups excluding carboxylic acids is 1. The van der Waals surface area contributed by atoms with Gasteiger partial charge in [0.15, 0.2) is 5.82 Å². The maximum Gasteiger partial charge on any atom is 0.239 e. The minimum atomic E-state index is -1.05. The molecule has 1 aliphatic rings. The molecule has 0 spiro atoms. The molecule has 1 atom stereocenters. The SMILES string of the molecule is CC1=C(c2ccccc2)C=CC(C(=O)Cl)(c2noc(C)n2)C1. The lowest BCUT2D eigenvalue weighted by atomic mass is 9.75. The van der Waals surface area contributed by atoms with E-state index in [0.717, 1.165) is 16.7 Å². The molecule has 0 aliphatic heterocycles. The van der Waals surface area contributed by atoms with Gasteiger partial charge in [-0.3, -0.25) is 4.79 Å². The Hall–Kier alpha value is -2.20. The van der Waals surface area contributed by atoms with Crippen LogP contribution in [0.3, 0.4) is 0 Å². The van der Waals surface area contributed by atoms with Gasteiger partial charge in [0, 0.05) is 6.92 Å². The molecule has 1 unspecified atom stereocenters. The van der Waals surface area contributed by atoms with E-state index >= 15 is 0 Å². The number of allylic oxidation sites excluding steroid dienone is 4. The molecule has 0 radical (unpaired) electrons. The van der Waals surface area contributed by atoms with Gasteiger partial charge in [0.1, 0.15) is 5.41 Å². The third-order valence-corrected chi connectivity index (χ3v) is 4.24. The van der Waals surface area contributed by atoms with E-state index in [1.807, 2.05) is 43.3 Å². The van der Waals surface area contributed by atoms with E-state index in [0.29, 0.717) is 18.1 Å². The largest absolute Gasteiger partial charge is 0.340 e. The number of rotatable bonds is 3. The van der Waals surface area contributed by atoms with Crippen molar-refractivity contribution in [2.75, 3.05) is 0 Å². The summed E-state index contributed by atoms with van der Waals surface area (Å²) in [4.78, 5) is 16.3. The van der Waals surface area contributed by atoms with Gasteiger partial charge in [0.25, 0.3) is 0 Å². The number of carbonyl (C=O) groups is 1. The Morgan fingerprint density at radius 1 is 1.27 bits per heavy atom. The highest BCUT2D eigenvalue weighted by Crippen LogP contribution is 2.40. The highest BCUT2D eigenvalue weighted by Gasteiger charge is 2.43. The quantitative estimate of drug-likeness (QED) is 0.808. The number of hydrogen-bond acceptors (Lipinski definition) is 4. The number of hydrogen-bond donors (Lipinski definition) is 0. The number of halogens is 1. The summed E-state index contributed by atoms with van der Waals surface area (Å²) < 4.78 is 5.02. The van der Waals surface area contributed by atoms with Crippen LogP contribution in [0.25, 0.3) is 5.57 Å². The van der Waals surface area contributed by atoms with Crippen LogP contribution in [0, 0.1) is 6.92 Å². The first-order chi connectivity index (χ1) is 10.5. The molecule has 22 heavy (non-hydrogen) atoms. The summed E-state index contributed by atoms with van der Waals surface area (Å²) in [7, 11) is 0. The van der Waals surface area contributed by atoms with Crippen LogP contribution in [0.1, 0.15) is 30.6 Å². The molecule has 0 bridgehead atoms. The number of nitrogens with zero attached hydrogens (tertiary/aromatic N) is 2. The highest BCUT2D eigenvalue weighted by molar-refractivity contribution is 6.65. The molecule has 1 heterocycles. The molecular formula is C17H15ClN2O2. The molecule has 1 aliphatic carbocycles. The summed E-state index contributed by atoms with van der Waals surface area (Å²) in [6.07, 6.45) is 4.14. The fourth-order valence-electron chi connectivity index (χ4n) is 2.76. The van der Waals surface area contributed by atoms with E-state index in [1.165, 1.54) is 0 Å². The smallest absolute Gasteiger partial charge is 0.239 e. The topological polar surface area (TPSA) is 56.0 Å².